The number of sulfonamides is 1. The molecule has 2 fully saturated rings. The van der Waals surface area contributed by atoms with Gasteiger partial charge in [0.2, 0.25) is 10.0 Å². The molecule has 0 aromatic carbocycles. The Kier molecular flexibility index (Phi) is 3.19. The van der Waals surface area contributed by atoms with Crippen molar-refractivity contribution in [2.24, 2.45) is 5.92 Å². The molecule has 0 radical (unpaired) electrons. The maximum Gasteiger partial charge on any atom is 0.217 e. The lowest BCUT2D eigenvalue weighted by Gasteiger charge is -2.23. The fourth-order valence-corrected chi connectivity index (χ4v) is 4.84. The van der Waals surface area contributed by atoms with E-state index in [1.807, 2.05) is 18.3 Å². The lowest BCUT2D eigenvalue weighted by molar-refractivity contribution is 0.417. The Balaban J connectivity index is 1.63. The molecule has 0 bridgehead atoms. The standard InChI is InChI=1S/C15H21N3O2S/c19-21(20,14-5-6-14)18-9-8-17(10-12-3-4-12)15-13(11-18)2-1-7-16-15/h1-2,7,12,14H,3-6,8-11H2. The first-order valence-corrected chi connectivity index (χ1v) is 9.33. The molecule has 21 heavy (non-hydrogen) atoms. The van der Waals surface area contributed by atoms with Crippen LogP contribution in [0.15, 0.2) is 18.3 Å². The third-order valence-corrected chi connectivity index (χ3v) is 6.96. The summed E-state index contributed by atoms with van der Waals surface area (Å²) < 4.78 is 26.8. The molecule has 1 aromatic heterocycles. The summed E-state index contributed by atoms with van der Waals surface area (Å²) in [6.45, 7) is 2.83. The number of fused-ring (bicyclic) bond motifs is 1. The molecule has 2 heterocycles. The van der Waals surface area contributed by atoms with Gasteiger partial charge in [-0.05, 0) is 37.7 Å². The molecule has 2 aliphatic carbocycles. The van der Waals surface area contributed by atoms with Gasteiger partial charge in [0, 0.05) is 37.9 Å². The van der Waals surface area contributed by atoms with Crippen molar-refractivity contribution in [2.45, 2.75) is 37.5 Å². The molecule has 0 N–H and O–H groups in total. The van der Waals surface area contributed by atoms with E-state index < -0.39 is 10.0 Å². The van der Waals surface area contributed by atoms with E-state index in [2.05, 4.69) is 9.88 Å². The van der Waals surface area contributed by atoms with Gasteiger partial charge in [0.15, 0.2) is 0 Å². The van der Waals surface area contributed by atoms with E-state index in [9.17, 15) is 8.42 Å². The molecule has 0 spiro atoms. The lowest BCUT2D eigenvalue weighted by Crippen LogP contribution is -2.37. The molecular formula is C15H21N3O2S. The Hall–Kier alpha value is -1.14. The monoisotopic (exact) mass is 307 g/mol. The van der Waals surface area contributed by atoms with Gasteiger partial charge in [0.05, 0.1) is 5.25 Å². The maximum atomic E-state index is 12.5. The van der Waals surface area contributed by atoms with Crippen molar-refractivity contribution in [1.29, 1.82) is 0 Å². The summed E-state index contributed by atoms with van der Waals surface area (Å²) in [7, 11) is -3.11. The molecule has 1 aromatic rings. The Morgan fingerprint density at radius 2 is 2.00 bits per heavy atom. The van der Waals surface area contributed by atoms with Gasteiger partial charge >= 0.3 is 0 Å². The van der Waals surface area contributed by atoms with Crippen LogP contribution in [0.4, 0.5) is 5.82 Å². The quantitative estimate of drug-likeness (QED) is 0.848. The fourth-order valence-electron chi connectivity index (χ4n) is 3.03. The highest BCUT2D eigenvalue weighted by molar-refractivity contribution is 7.90. The van der Waals surface area contributed by atoms with Gasteiger partial charge in [-0.15, -0.1) is 0 Å². The number of hydrogen-bond acceptors (Lipinski definition) is 4. The van der Waals surface area contributed by atoms with Crippen LogP contribution in [0, 0.1) is 5.92 Å². The van der Waals surface area contributed by atoms with Gasteiger partial charge in [0.1, 0.15) is 5.82 Å². The highest BCUT2D eigenvalue weighted by atomic mass is 32.2. The molecule has 6 heteroatoms. The maximum absolute atomic E-state index is 12.5. The van der Waals surface area contributed by atoms with Crippen LogP contribution in [-0.4, -0.2) is 42.6 Å². The SMILES string of the molecule is O=S(=O)(C1CC1)N1CCN(CC2CC2)c2ncccc2C1. The minimum Gasteiger partial charge on any atom is -0.355 e. The van der Waals surface area contributed by atoms with E-state index in [1.165, 1.54) is 12.8 Å². The van der Waals surface area contributed by atoms with Crippen LogP contribution in [-0.2, 0) is 16.6 Å². The average Bonchev–Trinajstić information content (AvgIpc) is 3.34. The van der Waals surface area contributed by atoms with Crippen molar-refractivity contribution in [1.82, 2.24) is 9.29 Å². The molecule has 114 valence electrons. The zero-order valence-electron chi connectivity index (χ0n) is 12.1. The van der Waals surface area contributed by atoms with Crippen LogP contribution in [0.25, 0.3) is 0 Å². The number of nitrogens with zero attached hydrogens (tertiary/aromatic N) is 3. The van der Waals surface area contributed by atoms with Crippen molar-refractivity contribution < 1.29 is 8.42 Å². The molecule has 1 aliphatic heterocycles. The molecule has 0 amide bonds. The Morgan fingerprint density at radius 3 is 2.71 bits per heavy atom. The number of hydrogen-bond donors (Lipinski definition) is 0. The molecule has 2 saturated carbocycles. The van der Waals surface area contributed by atoms with Crippen molar-refractivity contribution in [3.63, 3.8) is 0 Å². The molecule has 3 aliphatic rings. The molecular weight excluding hydrogens is 286 g/mol. The lowest BCUT2D eigenvalue weighted by atomic mass is 10.2. The summed E-state index contributed by atoms with van der Waals surface area (Å²) in [5.41, 5.74) is 1.04. The van der Waals surface area contributed by atoms with E-state index in [-0.39, 0.29) is 5.25 Å². The second-order valence-electron chi connectivity index (χ2n) is 6.45. The average molecular weight is 307 g/mol. The summed E-state index contributed by atoms with van der Waals surface area (Å²) in [6.07, 6.45) is 6.05. The minimum atomic E-state index is -3.11. The highest BCUT2D eigenvalue weighted by Gasteiger charge is 2.41. The van der Waals surface area contributed by atoms with Crippen molar-refractivity contribution in [3.05, 3.63) is 23.9 Å². The largest absolute Gasteiger partial charge is 0.355 e. The fraction of sp³-hybridized carbons (Fsp3) is 0.667. The smallest absolute Gasteiger partial charge is 0.217 e. The van der Waals surface area contributed by atoms with E-state index in [0.29, 0.717) is 13.1 Å². The van der Waals surface area contributed by atoms with Gasteiger partial charge < -0.3 is 4.90 Å². The number of anilines is 1. The third-order valence-electron chi connectivity index (χ3n) is 4.61. The van der Waals surface area contributed by atoms with Crippen molar-refractivity contribution >= 4 is 15.8 Å². The second kappa shape index (κ2) is 4.95. The first kappa shape index (κ1) is 13.5. The number of aromatic nitrogens is 1. The van der Waals surface area contributed by atoms with Crippen molar-refractivity contribution in [3.8, 4) is 0 Å². The normalized spacial score (nSPS) is 23.7. The number of rotatable bonds is 4. The van der Waals surface area contributed by atoms with Crippen LogP contribution in [0.1, 0.15) is 31.2 Å². The molecule has 0 atom stereocenters. The van der Waals surface area contributed by atoms with E-state index >= 15 is 0 Å². The Morgan fingerprint density at radius 1 is 1.19 bits per heavy atom. The molecule has 0 unspecified atom stereocenters. The highest BCUT2D eigenvalue weighted by Crippen LogP contribution is 2.35. The summed E-state index contributed by atoms with van der Waals surface area (Å²) in [5, 5.41) is -0.132. The molecule has 0 saturated heterocycles. The van der Waals surface area contributed by atoms with Gasteiger partial charge in [0.25, 0.3) is 0 Å². The molecule has 4 rings (SSSR count). The second-order valence-corrected chi connectivity index (χ2v) is 8.67. The minimum absolute atomic E-state index is 0.132. The van der Waals surface area contributed by atoms with Gasteiger partial charge in [-0.1, -0.05) is 6.07 Å². The van der Waals surface area contributed by atoms with Crippen LogP contribution in [0.2, 0.25) is 0 Å². The zero-order chi connectivity index (χ0) is 14.4. The predicted octanol–water partition coefficient (Wildman–Crippen LogP) is 1.61. The first-order valence-electron chi connectivity index (χ1n) is 7.82. The zero-order valence-corrected chi connectivity index (χ0v) is 12.9. The van der Waals surface area contributed by atoms with Crippen LogP contribution in [0.5, 0.6) is 0 Å². The Bertz CT molecular complexity index is 638. The van der Waals surface area contributed by atoms with E-state index in [0.717, 1.165) is 43.2 Å². The van der Waals surface area contributed by atoms with Crippen molar-refractivity contribution in [2.75, 3.05) is 24.5 Å². The predicted molar refractivity (Wildman–Crippen MR) is 81.5 cm³/mol. The van der Waals surface area contributed by atoms with Crippen LogP contribution < -0.4 is 4.90 Å². The van der Waals surface area contributed by atoms with Crippen LogP contribution >= 0.6 is 0 Å². The molecule has 5 nitrogen and oxygen atoms in total. The van der Waals surface area contributed by atoms with Gasteiger partial charge in [-0.3, -0.25) is 0 Å². The number of pyridine rings is 1. The van der Waals surface area contributed by atoms with E-state index in [4.69, 9.17) is 0 Å². The van der Waals surface area contributed by atoms with Crippen LogP contribution in [0.3, 0.4) is 0 Å². The first-order chi connectivity index (χ1) is 10.1. The summed E-state index contributed by atoms with van der Waals surface area (Å²) in [6, 6.07) is 3.92. The van der Waals surface area contributed by atoms with Gasteiger partial charge in [-0.2, -0.15) is 4.31 Å². The summed E-state index contributed by atoms with van der Waals surface area (Å²) >= 11 is 0. The summed E-state index contributed by atoms with van der Waals surface area (Å²) in [4.78, 5) is 6.81. The van der Waals surface area contributed by atoms with Gasteiger partial charge in [-0.25, -0.2) is 13.4 Å². The third kappa shape index (κ3) is 2.66. The summed E-state index contributed by atoms with van der Waals surface area (Å²) in [5.74, 6) is 1.75. The Labute approximate surface area is 126 Å². The topological polar surface area (TPSA) is 53.5 Å². The van der Waals surface area contributed by atoms with E-state index in [1.54, 1.807) is 4.31 Å².